The first-order valence-corrected chi connectivity index (χ1v) is 6.97. The Morgan fingerprint density at radius 1 is 1.37 bits per heavy atom. The van der Waals surface area contributed by atoms with Crippen molar-refractivity contribution in [2.24, 2.45) is 0 Å². The molecule has 0 unspecified atom stereocenters. The Hall–Kier alpha value is -1.14. The van der Waals surface area contributed by atoms with Crippen molar-refractivity contribution in [1.29, 1.82) is 0 Å². The van der Waals surface area contributed by atoms with Gasteiger partial charge in [-0.3, -0.25) is 14.5 Å². The van der Waals surface area contributed by atoms with Crippen LogP contribution < -0.4 is 5.32 Å². The van der Waals surface area contributed by atoms with E-state index in [2.05, 4.69) is 17.1 Å². The maximum Gasteiger partial charge on any atom is 0.322 e. The summed E-state index contributed by atoms with van der Waals surface area (Å²) in [5.41, 5.74) is 0. The van der Waals surface area contributed by atoms with Gasteiger partial charge in [0.2, 0.25) is 0 Å². The fraction of sp³-hybridized carbons (Fsp3) is 0.846. The summed E-state index contributed by atoms with van der Waals surface area (Å²) in [5.74, 6) is -1.37. The molecule has 1 aliphatic heterocycles. The van der Waals surface area contributed by atoms with Crippen LogP contribution in [0, 0.1) is 0 Å². The van der Waals surface area contributed by atoms with Crippen LogP contribution in [0.15, 0.2) is 0 Å². The lowest BCUT2D eigenvalue weighted by atomic mass is 10.2. The summed E-state index contributed by atoms with van der Waals surface area (Å²) in [6, 6.07) is 0. The molecule has 1 rings (SSSR count). The number of morpholine rings is 1. The summed E-state index contributed by atoms with van der Waals surface area (Å²) >= 11 is 0. The topological polar surface area (TPSA) is 78.9 Å². The Morgan fingerprint density at radius 3 is 2.84 bits per heavy atom. The van der Waals surface area contributed by atoms with E-state index in [1.165, 1.54) is 19.3 Å². The fourth-order valence-corrected chi connectivity index (χ4v) is 2.10. The zero-order valence-electron chi connectivity index (χ0n) is 11.6. The fourth-order valence-electron chi connectivity index (χ4n) is 2.10. The van der Waals surface area contributed by atoms with Crippen molar-refractivity contribution in [2.75, 3.05) is 32.8 Å². The largest absolute Gasteiger partial charge is 0.480 e. The first-order valence-electron chi connectivity index (χ1n) is 6.97. The van der Waals surface area contributed by atoms with Crippen LogP contribution in [0.5, 0.6) is 0 Å². The van der Waals surface area contributed by atoms with Crippen molar-refractivity contribution in [3.8, 4) is 0 Å². The number of carbonyl (C=O) groups excluding carboxylic acids is 1. The van der Waals surface area contributed by atoms with Gasteiger partial charge >= 0.3 is 5.97 Å². The smallest absolute Gasteiger partial charge is 0.322 e. The molecular formula is C13H24N2O4. The number of hydrogen-bond donors (Lipinski definition) is 2. The van der Waals surface area contributed by atoms with Crippen LogP contribution in [-0.4, -0.2) is 60.8 Å². The van der Waals surface area contributed by atoms with Gasteiger partial charge in [-0.2, -0.15) is 0 Å². The monoisotopic (exact) mass is 272 g/mol. The Labute approximate surface area is 114 Å². The van der Waals surface area contributed by atoms with Gasteiger partial charge in [-0.1, -0.05) is 26.2 Å². The number of ether oxygens (including phenoxy) is 1. The van der Waals surface area contributed by atoms with Crippen molar-refractivity contribution in [1.82, 2.24) is 10.2 Å². The molecule has 1 atom stereocenters. The maximum atomic E-state index is 11.7. The standard InChI is InChI=1S/C13H24N2O4/c1-2-3-4-5-6-15-7-8-19-11(10-15)13(18)14-9-12(16)17/h11H,2-10H2,1H3,(H,14,18)(H,16,17)/t11-/m1/s1. The van der Waals surface area contributed by atoms with Gasteiger partial charge in [0.05, 0.1) is 6.61 Å². The number of amides is 1. The van der Waals surface area contributed by atoms with E-state index in [0.717, 1.165) is 19.5 Å². The van der Waals surface area contributed by atoms with Gasteiger partial charge in [0.25, 0.3) is 5.91 Å². The lowest BCUT2D eigenvalue weighted by Crippen LogP contribution is -2.50. The summed E-state index contributed by atoms with van der Waals surface area (Å²) < 4.78 is 5.38. The Balaban J connectivity index is 2.24. The van der Waals surface area contributed by atoms with Crippen LogP contribution in [0.3, 0.4) is 0 Å². The highest BCUT2D eigenvalue weighted by atomic mass is 16.5. The molecule has 1 amide bonds. The van der Waals surface area contributed by atoms with Crippen molar-refractivity contribution in [3.05, 3.63) is 0 Å². The zero-order valence-corrected chi connectivity index (χ0v) is 11.6. The van der Waals surface area contributed by atoms with E-state index in [1.807, 2.05) is 0 Å². The third kappa shape index (κ3) is 6.54. The molecule has 0 saturated carbocycles. The summed E-state index contributed by atoms with van der Waals surface area (Å²) in [6.07, 6.45) is 4.26. The zero-order chi connectivity index (χ0) is 14.1. The number of nitrogens with zero attached hydrogens (tertiary/aromatic N) is 1. The molecule has 1 aliphatic rings. The number of hydrogen-bond acceptors (Lipinski definition) is 4. The van der Waals surface area contributed by atoms with Gasteiger partial charge in [-0.05, 0) is 13.0 Å². The third-order valence-electron chi connectivity index (χ3n) is 3.18. The van der Waals surface area contributed by atoms with Crippen LogP contribution in [0.4, 0.5) is 0 Å². The molecule has 0 aromatic rings. The Morgan fingerprint density at radius 2 is 2.16 bits per heavy atom. The van der Waals surface area contributed by atoms with Gasteiger partial charge in [0.1, 0.15) is 12.6 Å². The molecule has 0 aromatic carbocycles. The molecule has 6 nitrogen and oxygen atoms in total. The predicted molar refractivity (Wildman–Crippen MR) is 71.0 cm³/mol. The van der Waals surface area contributed by atoms with Crippen LogP contribution in [0.25, 0.3) is 0 Å². The first kappa shape index (κ1) is 15.9. The van der Waals surface area contributed by atoms with Crippen molar-refractivity contribution in [2.45, 2.75) is 38.7 Å². The number of carboxylic acid groups (broad SMARTS) is 1. The van der Waals surface area contributed by atoms with Crippen molar-refractivity contribution < 1.29 is 19.4 Å². The van der Waals surface area contributed by atoms with Gasteiger partial charge in [0.15, 0.2) is 0 Å². The van der Waals surface area contributed by atoms with E-state index in [1.54, 1.807) is 0 Å². The highest BCUT2D eigenvalue weighted by Gasteiger charge is 2.26. The second-order valence-electron chi connectivity index (χ2n) is 4.83. The van der Waals surface area contributed by atoms with E-state index >= 15 is 0 Å². The molecule has 1 heterocycles. The Bertz CT molecular complexity index is 296. The number of carbonyl (C=O) groups is 2. The van der Waals surface area contributed by atoms with Crippen LogP contribution in [-0.2, 0) is 14.3 Å². The molecule has 0 aromatic heterocycles. The average Bonchev–Trinajstić information content (AvgIpc) is 2.41. The maximum absolute atomic E-state index is 11.7. The summed E-state index contributed by atoms with van der Waals surface area (Å²) in [4.78, 5) is 24.3. The van der Waals surface area contributed by atoms with E-state index in [4.69, 9.17) is 9.84 Å². The molecule has 0 spiro atoms. The summed E-state index contributed by atoms with van der Waals surface area (Å²) in [5, 5.41) is 10.9. The molecule has 2 N–H and O–H groups in total. The predicted octanol–water partition coefficient (Wildman–Crippen LogP) is 0.468. The number of rotatable bonds is 8. The quantitative estimate of drug-likeness (QED) is 0.628. The number of nitrogens with one attached hydrogen (secondary N) is 1. The van der Waals surface area contributed by atoms with Crippen LogP contribution in [0.2, 0.25) is 0 Å². The highest BCUT2D eigenvalue weighted by molar-refractivity contribution is 5.84. The van der Waals surface area contributed by atoms with Gasteiger partial charge in [-0.15, -0.1) is 0 Å². The van der Waals surface area contributed by atoms with Gasteiger partial charge in [0, 0.05) is 13.1 Å². The molecule has 1 saturated heterocycles. The minimum atomic E-state index is -1.04. The number of carboxylic acids is 1. The third-order valence-corrected chi connectivity index (χ3v) is 3.18. The van der Waals surface area contributed by atoms with E-state index < -0.39 is 12.1 Å². The van der Waals surface area contributed by atoms with Crippen LogP contribution >= 0.6 is 0 Å². The van der Waals surface area contributed by atoms with Crippen molar-refractivity contribution >= 4 is 11.9 Å². The highest BCUT2D eigenvalue weighted by Crippen LogP contribution is 2.08. The van der Waals surface area contributed by atoms with Gasteiger partial charge < -0.3 is 15.2 Å². The summed E-state index contributed by atoms with van der Waals surface area (Å²) in [7, 11) is 0. The molecular weight excluding hydrogens is 248 g/mol. The lowest BCUT2D eigenvalue weighted by molar-refractivity contribution is -0.143. The Kier molecular flexibility index (Phi) is 7.43. The molecule has 0 bridgehead atoms. The average molecular weight is 272 g/mol. The van der Waals surface area contributed by atoms with Crippen molar-refractivity contribution in [3.63, 3.8) is 0 Å². The minimum Gasteiger partial charge on any atom is -0.480 e. The molecule has 1 fully saturated rings. The van der Waals surface area contributed by atoms with E-state index in [0.29, 0.717) is 13.2 Å². The normalized spacial score (nSPS) is 20.2. The SMILES string of the molecule is CCCCCCN1CCO[C@@H](C(=O)NCC(=O)O)C1. The number of aliphatic carboxylic acids is 1. The second kappa shape index (κ2) is 8.87. The molecule has 110 valence electrons. The van der Waals surface area contributed by atoms with Gasteiger partial charge in [-0.25, -0.2) is 0 Å². The van der Waals surface area contributed by atoms with E-state index in [9.17, 15) is 9.59 Å². The van der Waals surface area contributed by atoms with Crippen LogP contribution in [0.1, 0.15) is 32.6 Å². The molecule has 0 radical (unpaired) electrons. The molecule has 6 heteroatoms. The summed E-state index contributed by atoms with van der Waals surface area (Å²) in [6.45, 7) is 4.73. The van der Waals surface area contributed by atoms with E-state index in [-0.39, 0.29) is 12.5 Å². The number of unbranched alkanes of at least 4 members (excludes halogenated alkanes) is 3. The lowest BCUT2D eigenvalue weighted by Gasteiger charge is -2.32. The first-order chi connectivity index (χ1) is 9.13. The minimum absolute atomic E-state index is 0.333. The molecule has 0 aliphatic carbocycles. The second-order valence-corrected chi connectivity index (χ2v) is 4.83. The molecule has 19 heavy (non-hydrogen) atoms.